The van der Waals surface area contributed by atoms with Gasteiger partial charge in [0.2, 0.25) is 34.8 Å². The molecule has 0 spiro atoms. The van der Waals surface area contributed by atoms with Gasteiger partial charge in [0, 0.05) is 25.3 Å². The Hall–Kier alpha value is -2.87. The molecule has 0 bridgehead atoms. The summed E-state index contributed by atoms with van der Waals surface area (Å²) in [4.78, 5) is 23.3. The smallest absolute Gasteiger partial charge is 0.407 e. The lowest BCUT2D eigenvalue weighted by molar-refractivity contribution is -0.136. The van der Waals surface area contributed by atoms with E-state index in [0.717, 1.165) is 19.3 Å². The van der Waals surface area contributed by atoms with E-state index in [-0.39, 0.29) is 19.8 Å². The van der Waals surface area contributed by atoms with E-state index in [1.54, 1.807) is 0 Å². The molecule has 0 aliphatic heterocycles. The van der Waals surface area contributed by atoms with Crippen molar-refractivity contribution >= 4 is 12.1 Å². The highest BCUT2D eigenvalue weighted by molar-refractivity contribution is 5.72. The molecular formula is C21H20F5NO5. The van der Waals surface area contributed by atoms with Gasteiger partial charge in [-0.1, -0.05) is 0 Å². The van der Waals surface area contributed by atoms with Crippen molar-refractivity contribution in [3.8, 4) is 17.6 Å². The molecule has 1 saturated carbocycles. The van der Waals surface area contributed by atoms with Crippen molar-refractivity contribution < 1.29 is 45.8 Å². The Bertz CT molecular complexity index is 916. The van der Waals surface area contributed by atoms with E-state index < -0.39 is 53.3 Å². The van der Waals surface area contributed by atoms with Gasteiger partial charge in [-0.15, -0.1) is 11.8 Å². The van der Waals surface area contributed by atoms with Crippen LogP contribution in [0.25, 0.3) is 0 Å². The normalized spacial score (nSPS) is 21.0. The molecule has 2 aliphatic rings. The molecule has 0 saturated heterocycles. The van der Waals surface area contributed by atoms with Gasteiger partial charge >= 0.3 is 12.1 Å². The number of fused-ring (bicyclic) bond motifs is 1. The quantitative estimate of drug-likeness (QED) is 0.116. The number of amides is 1. The fourth-order valence-corrected chi connectivity index (χ4v) is 3.56. The number of hydrogen-bond donors (Lipinski definition) is 1. The van der Waals surface area contributed by atoms with Gasteiger partial charge in [0.05, 0.1) is 26.2 Å². The standard InChI is InChI=1S/C21H20F5NO5/c22-15-16(23)18(25)20(19(26)17(15)24)32-14(28)6-8-30-9-7-27-21(29)31-10-13-11-4-2-1-3-5-12(11)13/h11-13H,2,4-10H2,(H,27,29). The van der Waals surface area contributed by atoms with Crippen LogP contribution >= 0.6 is 0 Å². The number of benzene rings is 1. The third kappa shape index (κ3) is 5.68. The lowest BCUT2D eigenvalue weighted by Gasteiger charge is -2.09. The monoisotopic (exact) mass is 461 g/mol. The van der Waals surface area contributed by atoms with E-state index in [1.165, 1.54) is 0 Å². The molecule has 174 valence electrons. The molecule has 3 unspecified atom stereocenters. The fourth-order valence-electron chi connectivity index (χ4n) is 3.56. The minimum absolute atomic E-state index is 0.00479. The van der Waals surface area contributed by atoms with Crippen LogP contribution in [0.1, 0.15) is 25.7 Å². The molecule has 3 atom stereocenters. The molecule has 0 heterocycles. The molecule has 6 nitrogen and oxygen atoms in total. The summed E-state index contributed by atoms with van der Waals surface area (Å²) in [5, 5.41) is 2.47. The molecule has 1 fully saturated rings. The maximum Gasteiger partial charge on any atom is 0.407 e. The first kappa shape index (κ1) is 23.8. The van der Waals surface area contributed by atoms with Crippen molar-refractivity contribution in [3.05, 3.63) is 29.1 Å². The second-order valence-corrected chi connectivity index (χ2v) is 7.35. The number of carbonyl (C=O) groups excluding carboxylic acids is 2. The van der Waals surface area contributed by atoms with Crippen molar-refractivity contribution in [1.29, 1.82) is 0 Å². The number of carbonyl (C=O) groups is 2. The van der Waals surface area contributed by atoms with E-state index in [2.05, 4.69) is 21.9 Å². The highest BCUT2D eigenvalue weighted by Gasteiger charge is 2.49. The van der Waals surface area contributed by atoms with Gasteiger partial charge in [-0.25, -0.2) is 18.0 Å². The zero-order valence-corrected chi connectivity index (χ0v) is 16.8. The van der Waals surface area contributed by atoms with Crippen LogP contribution in [0.5, 0.6) is 5.75 Å². The van der Waals surface area contributed by atoms with E-state index in [4.69, 9.17) is 9.47 Å². The Morgan fingerprint density at radius 3 is 2.34 bits per heavy atom. The predicted octanol–water partition coefficient (Wildman–Crippen LogP) is 3.47. The lowest BCUT2D eigenvalue weighted by Crippen LogP contribution is -2.29. The number of halogens is 5. The highest BCUT2D eigenvalue weighted by Crippen LogP contribution is 2.52. The van der Waals surface area contributed by atoms with Gasteiger partial charge < -0.3 is 19.5 Å². The number of nitrogens with one attached hydrogen (secondary N) is 1. The van der Waals surface area contributed by atoms with Gasteiger partial charge in [-0.2, -0.15) is 8.78 Å². The van der Waals surface area contributed by atoms with E-state index in [0.29, 0.717) is 24.4 Å². The molecule has 0 aromatic heterocycles. The Kier molecular flexibility index (Phi) is 7.90. The lowest BCUT2D eigenvalue weighted by atomic mass is 10.2. The van der Waals surface area contributed by atoms with Crippen LogP contribution in [0.4, 0.5) is 26.7 Å². The highest BCUT2D eigenvalue weighted by atomic mass is 19.2. The largest absolute Gasteiger partial charge is 0.449 e. The molecule has 1 N–H and O–H groups in total. The first-order chi connectivity index (χ1) is 15.3. The topological polar surface area (TPSA) is 73.9 Å². The predicted molar refractivity (Wildman–Crippen MR) is 98.8 cm³/mol. The number of esters is 1. The molecule has 0 radical (unpaired) electrons. The molecule has 1 aromatic rings. The Labute approximate surface area is 180 Å². The summed E-state index contributed by atoms with van der Waals surface area (Å²) in [7, 11) is 0. The number of rotatable bonds is 9. The maximum absolute atomic E-state index is 13.5. The molecule has 11 heteroatoms. The summed E-state index contributed by atoms with van der Waals surface area (Å²) >= 11 is 0. The summed E-state index contributed by atoms with van der Waals surface area (Å²) < 4.78 is 80.5. The molecule has 2 aliphatic carbocycles. The zero-order valence-electron chi connectivity index (χ0n) is 16.8. The van der Waals surface area contributed by atoms with Crippen molar-refractivity contribution in [3.63, 3.8) is 0 Å². The zero-order chi connectivity index (χ0) is 23.3. The van der Waals surface area contributed by atoms with Crippen molar-refractivity contribution in [2.45, 2.75) is 25.7 Å². The summed E-state index contributed by atoms with van der Waals surface area (Å²) in [5.41, 5.74) is 0. The van der Waals surface area contributed by atoms with Crippen LogP contribution in [0, 0.1) is 58.7 Å². The van der Waals surface area contributed by atoms with Crippen LogP contribution in [0.2, 0.25) is 0 Å². The average molecular weight is 461 g/mol. The summed E-state index contributed by atoms with van der Waals surface area (Å²) in [6.45, 7) is 0.133. The third-order valence-corrected chi connectivity index (χ3v) is 5.33. The van der Waals surface area contributed by atoms with Gasteiger partial charge in [0.1, 0.15) is 0 Å². The summed E-state index contributed by atoms with van der Waals surface area (Å²) in [6, 6.07) is 0. The van der Waals surface area contributed by atoms with Crippen LogP contribution in [-0.2, 0) is 14.3 Å². The van der Waals surface area contributed by atoms with Crippen molar-refractivity contribution in [1.82, 2.24) is 5.32 Å². The second kappa shape index (κ2) is 10.6. The molecule has 32 heavy (non-hydrogen) atoms. The van der Waals surface area contributed by atoms with Crippen LogP contribution in [0.15, 0.2) is 0 Å². The molecule has 1 amide bonds. The number of hydrogen-bond acceptors (Lipinski definition) is 5. The fraction of sp³-hybridized carbons (Fsp3) is 0.524. The van der Waals surface area contributed by atoms with Gasteiger partial charge in [-0.05, 0) is 18.3 Å². The Balaban J connectivity index is 1.27. The summed E-state index contributed by atoms with van der Waals surface area (Å²) in [6.07, 6.45) is 1.61. The van der Waals surface area contributed by atoms with E-state index in [1.807, 2.05) is 0 Å². The number of ether oxygens (including phenoxy) is 3. The summed E-state index contributed by atoms with van der Waals surface area (Å²) in [5.74, 6) is -6.65. The van der Waals surface area contributed by atoms with Gasteiger partial charge in [0.15, 0.2) is 0 Å². The first-order valence-electron chi connectivity index (χ1n) is 9.97. The van der Waals surface area contributed by atoms with Crippen LogP contribution < -0.4 is 10.1 Å². The minimum Gasteiger partial charge on any atom is -0.449 e. The molecule has 1 aromatic carbocycles. The van der Waals surface area contributed by atoms with Crippen LogP contribution in [0.3, 0.4) is 0 Å². The Morgan fingerprint density at radius 1 is 0.938 bits per heavy atom. The van der Waals surface area contributed by atoms with Gasteiger partial charge in [-0.3, -0.25) is 4.79 Å². The van der Waals surface area contributed by atoms with E-state index >= 15 is 0 Å². The molecular weight excluding hydrogens is 441 g/mol. The second-order valence-electron chi connectivity index (χ2n) is 7.35. The number of alkyl carbamates (subject to hydrolysis) is 1. The van der Waals surface area contributed by atoms with Crippen LogP contribution in [-0.4, -0.2) is 38.4 Å². The SMILES string of the molecule is O=C(CCOCCNC(=O)OCC1C2CC#CCCC21)Oc1c(F)c(F)c(F)c(F)c1F. The van der Waals surface area contributed by atoms with E-state index in [9.17, 15) is 31.5 Å². The van der Waals surface area contributed by atoms with Crippen molar-refractivity contribution in [2.75, 3.05) is 26.4 Å². The maximum atomic E-state index is 13.5. The third-order valence-electron chi connectivity index (χ3n) is 5.33. The average Bonchev–Trinajstić information content (AvgIpc) is 3.50. The van der Waals surface area contributed by atoms with Crippen molar-refractivity contribution in [2.24, 2.45) is 17.8 Å². The van der Waals surface area contributed by atoms with Gasteiger partial charge in [0.25, 0.3) is 0 Å². The minimum atomic E-state index is -2.35. The molecule has 3 rings (SSSR count). The Morgan fingerprint density at radius 2 is 1.62 bits per heavy atom. The first-order valence-corrected chi connectivity index (χ1v) is 9.97.